The van der Waals surface area contributed by atoms with Crippen LogP contribution in [0.2, 0.25) is 0 Å². The van der Waals surface area contributed by atoms with Crippen LogP contribution < -0.4 is 5.32 Å². The van der Waals surface area contributed by atoms with Crippen molar-refractivity contribution in [2.75, 3.05) is 25.1 Å². The highest BCUT2D eigenvalue weighted by molar-refractivity contribution is 7.91. The number of rotatable bonds is 4. The van der Waals surface area contributed by atoms with E-state index >= 15 is 0 Å². The second-order valence-corrected chi connectivity index (χ2v) is 8.46. The summed E-state index contributed by atoms with van der Waals surface area (Å²) in [6, 6.07) is 0.311. The molecule has 5 nitrogen and oxygen atoms in total. The second-order valence-electron chi connectivity index (χ2n) is 6.23. The standard InChI is InChI=1S/C14H26N2O3S/c1-16(13-6-4-2-3-5-7-13)10-14(17)15-12-8-9-20(18,19)11-12/h12-13H,2-11H2,1H3,(H,15,17)/t12-/m1/s1. The highest BCUT2D eigenvalue weighted by atomic mass is 32.2. The van der Waals surface area contributed by atoms with Gasteiger partial charge in [0.25, 0.3) is 0 Å². The van der Waals surface area contributed by atoms with Gasteiger partial charge >= 0.3 is 0 Å². The number of hydrogen-bond donors (Lipinski definition) is 1. The van der Waals surface area contributed by atoms with Crippen LogP contribution in [0.25, 0.3) is 0 Å². The summed E-state index contributed by atoms with van der Waals surface area (Å²) < 4.78 is 22.7. The van der Waals surface area contributed by atoms with Gasteiger partial charge in [-0.1, -0.05) is 25.7 Å². The summed E-state index contributed by atoms with van der Waals surface area (Å²) in [5, 5.41) is 2.86. The number of carbonyl (C=O) groups excluding carboxylic acids is 1. The largest absolute Gasteiger partial charge is 0.351 e. The summed E-state index contributed by atoms with van der Waals surface area (Å²) in [7, 11) is -0.922. The lowest BCUT2D eigenvalue weighted by Gasteiger charge is -2.26. The van der Waals surface area contributed by atoms with Gasteiger partial charge in [0, 0.05) is 12.1 Å². The van der Waals surface area contributed by atoms with Crippen LogP contribution in [0.4, 0.5) is 0 Å². The number of amides is 1. The fourth-order valence-electron chi connectivity index (χ4n) is 3.24. The molecule has 0 bridgehead atoms. The molecule has 2 aliphatic rings. The van der Waals surface area contributed by atoms with Crippen LogP contribution in [0.1, 0.15) is 44.9 Å². The van der Waals surface area contributed by atoms with Crippen molar-refractivity contribution < 1.29 is 13.2 Å². The third-order valence-corrected chi connectivity index (χ3v) is 6.21. The molecule has 1 aliphatic heterocycles. The third-order valence-electron chi connectivity index (χ3n) is 4.44. The molecule has 0 aromatic rings. The molecule has 1 amide bonds. The van der Waals surface area contributed by atoms with E-state index in [1.807, 2.05) is 7.05 Å². The van der Waals surface area contributed by atoms with Crippen LogP contribution in [0.5, 0.6) is 0 Å². The van der Waals surface area contributed by atoms with E-state index in [0.717, 1.165) is 0 Å². The molecule has 1 atom stereocenters. The Morgan fingerprint density at radius 2 is 1.80 bits per heavy atom. The Balaban J connectivity index is 1.76. The average Bonchev–Trinajstić information content (AvgIpc) is 2.59. The van der Waals surface area contributed by atoms with Crippen molar-refractivity contribution in [2.45, 2.75) is 57.0 Å². The van der Waals surface area contributed by atoms with E-state index in [4.69, 9.17) is 0 Å². The summed E-state index contributed by atoms with van der Waals surface area (Å²) in [5.41, 5.74) is 0. The lowest BCUT2D eigenvalue weighted by molar-refractivity contribution is -0.123. The molecule has 1 saturated carbocycles. The summed E-state index contributed by atoms with van der Waals surface area (Å²) in [6.07, 6.45) is 7.99. The van der Waals surface area contributed by atoms with Crippen LogP contribution in [0.15, 0.2) is 0 Å². The topological polar surface area (TPSA) is 66.5 Å². The number of likely N-dealkylation sites (N-methyl/N-ethyl adjacent to an activating group) is 1. The Morgan fingerprint density at radius 3 is 2.35 bits per heavy atom. The minimum atomic E-state index is -2.92. The van der Waals surface area contributed by atoms with Crippen molar-refractivity contribution in [1.29, 1.82) is 0 Å². The van der Waals surface area contributed by atoms with Gasteiger partial charge in [-0.25, -0.2) is 8.42 Å². The van der Waals surface area contributed by atoms with E-state index in [0.29, 0.717) is 19.0 Å². The van der Waals surface area contributed by atoms with Gasteiger partial charge in [-0.15, -0.1) is 0 Å². The van der Waals surface area contributed by atoms with Gasteiger partial charge in [0.1, 0.15) is 0 Å². The van der Waals surface area contributed by atoms with Gasteiger partial charge in [-0.3, -0.25) is 9.69 Å². The maximum absolute atomic E-state index is 12.0. The highest BCUT2D eigenvalue weighted by Crippen LogP contribution is 2.20. The van der Waals surface area contributed by atoms with E-state index < -0.39 is 9.84 Å². The highest BCUT2D eigenvalue weighted by Gasteiger charge is 2.29. The van der Waals surface area contributed by atoms with E-state index in [-0.39, 0.29) is 23.5 Å². The summed E-state index contributed by atoms with van der Waals surface area (Å²) in [5.74, 6) is 0.265. The fourth-order valence-corrected chi connectivity index (χ4v) is 4.91. The predicted octanol–water partition coefficient (Wildman–Crippen LogP) is 0.944. The van der Waals surface area contributed by atoms with Gasteiger partial charge < -0.3 is 5.32 Å². The zero-order valence-electron chi connectivity index (χ0n) is 12.3. The van der Waals surface area contributed by atoms with Crippen LogP contribution in [0.3, 0.4) is 0 Å². The molecule has 0 radical (unpaired) electrons. The maximum atomic E-state index is 12.0. The fraction of sp³-hybridized carbons (Fsp3) is 0.929. The SMILES string of the molecule is CN(CC(=O)N[C@@H]1CCS(=O)(=O)C1)C1CCCCCC1. The average molecular weight is 302 g/mol. The van der Waals surface area contributed by atoms with Crippen LogP contribution in [0, 0.1) is 0 Å². The molecule has 6 heteroatoms. The molecule has 2 rings (SSSR count). The molecule has 1 heterocycles. The first-order chi connectivity index (χ1) is 9.46. The molecular weight excluding hydrogens is 276 g/mol. The lowest BCUT2D eigenvalue weighted by Crippen LogP contribution is -2.44. The van der Waals surface area contributed by atoms with E-state index in [9.17, 15) is 13.2 Å². The third kappa shape index (κ3) is 4.74. The molecular formula is C14H26N2O3S. The molecule has 0 unspecified atom stereocenters. The minimum Gasteiger partial charge on any atom is -0.351 e. The first-order valence-corrected chi connectivity index (χ1v) is 9.48. The van der Waals surface area contributed by atoms with E-state index in [1.54, 1.807) is 0 Å². The van der Waals surface area contributed by atoms with Crippen molar-refractivity contribution in [3.63, 3.8) is 0 Å². The second kappa shape index (κ2) is 6.89. The van der Waals surface area contributed by atoms with E-state index in [2.05, 4.69) is 10.2 Å². The van der Waals surface area contributed by atoms with E-state index in [1.165, 1.54) is 38.5 Å². The summed E-state index contributed by atoms with van der Waals surface area (Å²) in [4.78, 5) is 14.1. The summed E-state index contributed by atoms with van der Waals surface area (Å²) in [6.45, 7) is 0.376. The number of nitrogens with zero attached hydrogens (tertiary/aromatic N) is 1. The van der Waals surface area contributed by atoms with Crippen molar-refractivity contribution >= 4 is 15.7 Å². The van der Waals surface area contributed by atoms with Crippen molar-refractivity contribution in [2.24, 2.45) is 0 Å². The zero-order valence-corrected chi connectivity index (χ0v) is 13.1. The smallest absolute Gasteiger partial charge is 0.234 e. The van der Waals surface area contributed by atoms with Gasteiger partial charge in [0.05, 0.1) is 18.1 Å². The Morgan fingerprint density at radius 1 is 1.15 bits per heavy atom. The number of hydrogen-bond acceptors (Lipinski definition) is 4. The summed E-state index contributed by atoms with van der Waals surface area (Å²) >= 11 is 0. The molecule has 20 heavy (non-hydrogen) atoms. The Labute approximate surface area is 122 Å². The number of nitrogens with one attached hydrogen (secondary N) is 1. The number of sulfone groups is 1. The maximum Gasteiger partial charge on any atom is 0.234 e. The Kier molecular flexibility index (Phi) is 5.43. The van der Waals surface area contributed by atoms with Crippen LogP contribution in [-0.4, -0.2) is 56.4 Å². The molecule has 2 fully saturated rings. The molecule has 1 aliphatic carbocycles. The number of carbonyl (C=O) groups is 1. The quantitative estimate of drug-likeness (QED) is 0.785. The molecule has 0 aromatic heterocycles. The predicted molar refractivity (Wildman–Crippen MR) is 79.3 cm³/mol. The molecule has 116 valence electrons. The van der Waals surface area contributed by atoms with Crippen molar-refractivity contribution in [3.05, 3.63) is 0 Å². The normalized spacial score (nSPS) is 27.4. The van der Waals surface area contributed by atoms with Crippen molar-refractivity contribution in [1.82, 2.24) is 10.2 Å². The van der Waals surface area contributed by atoms with Gasteiger partial charge in [0.15, 0.2) is 9.84 Å². The van der Waals surface area contributed by atoms with Gasteiger partial charge in [-0.05, 0) is 26.3 Å². The molecule has 1 saturated heterocycles. The molecule has 1 N–H and O–H groups in total. The monoisotopic (exact) mass is 302 g/mol. The first kappa shape index (κ1) is 15.8. The first-order valence-electron chi connectivity index (χ1n) is 7.66. The lowest BCUT2D eigenvalue weighted by atomic mass is 10.1. The Bertz CT molecular complexity index is 428. The Hall–Kier alpha value is -0.620. The minimum absolute atomic E-state index is 0.0427. The zero-order chi connectivity index (χ0) is 14.6. The van der Waals surface area contributed by atoms with Crippen LogP contribution >= 0.6 is 0 Å². The van der Waals surface area contributed by atoms with Gasteiger partial charge in [-0.2, -0.15) is 0 Å². The molecule has 0 spiro atoms. The van der Waals surface area contributed by atoms with Crippen molar-refractivity contribution in [3.8, 4) is 0 Å². The van der Waals surface area contributed by atoms with Gasteiger partial charge in [0.2, 0.25) is 5.91 Å². The molecule has 0 aromatic carbocycles. The van der Waals surface area contributed by atoms with Crippen LogP contribution in [-0.2, 0) is 14.6 Å².